The Kier molecular flexibility index (Phi) is 4.20. The van der Waals surface area contributed by atoms with Crippen LogP contribution in [0.3, 0.4) is 0 Å². The summed E-state index contributed by atoms with van der Waals surface area (Å²) in [6.45, 7) is 0.741. The molecule has 4 saturated carbocycles. The molecule has 0 spiro atoms. The lowest BCUT2D eigenvalue weighted by molar-refractivity contribution is -0.211. The molecule has 0 saturated heterocycles. The van der Waals surface area contributed by atoms with E-state index in [0.29, 0.717) is 37.7 Å². The van der Waals surface area contributed by atoms with E-state index in [1.54, 1.807) is 0 Å². The van der Waals surface area contributed by atoms with Crippen LogP contribution in [0.4, 0.5) is 8.78 Å². The van der Waals surface area contributed by atoms with Crippen LogP contribution in [0.5, 0.6) is 0 Å². The van der Waals surface area contributed by atoms with E-state index in [0.717, 1.165) is 19.3 Å². The lowest BCUT2D eigenvalue weighted by Crippen LogP contribution is -2.59. The van der Waals surface area contributed by atoms with Crippen LogP contribution in [0.15, 0.2) is 0 Å². The van der Waals surface area contributed by atoms with Crippen molar-refractivity contribution in [3.05, 3.63) is 0 Å². The molecule has 138 valence electrons. The number of esters is 1. The van der Waals surface area contributed by atoms with E-state index in [1.807, 2.05) is 6.92 Å². The van der Waals surface area contributed by atoms with Crippen LogP contribution < -0.4 is 0 Å². The molecule has 1 N–H and O–H groups in total. The average molecular weight is 368 g/mol. The number of alkyl halides is 2. The van der Waals surface area contributed by atoms with Crippen molar-refractivity contribution in [1.29, 1.82) is 0 Å². The van der Waals surface area contributed by atoms with Crippen LogP contribution >= 0.6 is 0 Å². The predicted octanol–water partition coefficient (Wildman–Crippen LogP) is 2.39. The van der Waals surface area contributed by atoms with Crippen molar-refractivity contribution in [1.82, 2.24) is 0 Å². The van der Waals surface area contributed by atoms with Crippen LogP contribution in [0.2, 0.25) is 0 Å². The standard InChI is InChI=1S/C15H22F2O6S/c1-2-23-14-6-10-3-11(7-14)5-13(4-10,8-14)12(18)22-9-15(16,17)24(19,20)21/h10-11H,2-9H2,1H3,(H,19,20,21). The number of rotatable bonds is 6. The Morgan fingerprint density at radius 2 is 1.83 bits per heavy atom. The molecule has 4 aliphatic carbocycles. The van der Waals surface area contributed by atoms with Gasteiger partial charge in [0.05, 0.1) is 11.0 Å². The minimum absolute atomic E-state index is 0.299. The van der Waals surface area contributed by atoms with Gasteiger partial charge >= 0.3 is 21.3 Å². The summed E-state index contributed by atoms with van der Waals surface area (Å²) in [5.41, 5.74) is -1.28. The summed E-state index contributed by atoms with van der Waals surface area (Å²) in [5.74, 6) is -0.205. The molecule has 0 amide bonds. The van der Waals surface area contributed by atoms with Gasteiger partial charge in [-0.1, -0.05) is 0 Å². The molecule has 0 aromatic rings. The third-order valence-corrected chi connectivity index (χ3v) is 6.51. The maximum Gasteiger partial charge on any atom is 0.402 e. The van der Waals surface area contributed by atoms with Crippen molar-refractivity contribution in [3.8, 4) is 0 Å². The van der Waals surface area contributed by atoms with E-state index in [-0.39, 0.29) is 0 Å². The molecule has 4 bridgehead atoms. The first kappa shape index (κ1) is 18.0. The summed E-state index contributed by atoms with van der Waals surface area (Å²) in [6, 6.07) is 0. The van der Waals surface area contributed by atoms with E-state index in [9.17, 15) is 22.0 Å². The quantitative estimate of drug-likeness (QED) is 0.572. The van der Waals surface area contributed by atoms with Gasteiger partial charge in [-0.05, 0) is 57.3 Å². The minimum atomic E-state index is -5.61. The third kappa shape index (κ3) is 2.94. The molecule has 4 rings (SSSR count). The Morgan fingerprint density at radius 3 is 2.33 bits per heavy atom. The second kappa shape index (κ2) is 5.60. The highest BCUT2D eigenvalue weighted by Gasteiger charge is 2.62. The fourth-order valence-electron chi connectivity index (χ4n) is 5.27. The Morgan fingerprint density at radius 1 is 1.25 bits per heavy atom. The Bertz CT molecular complexity index is 618. The van der Waals surface area contributed by atoms with Gasteiger partial charge in [-0.15, -0.1) is 0 Å². The van der Waals surface area contributed by atoms with Gasteiger partial charge in [0.1, 0.15) is 0 Å². The van der Waals surface area contributed by atoms with Crippen LogP contribution in [-0.2, 0) is 24.4 Å². The number of ether oxygens (including phenoxy) is 2. The van der Waals surface area contributed by atoms with Crippen molar-refractivity contribution >= 4 is 16.1 Å². The summed E-state index contributed by atoms with van der Waals surface area (Å²) in [6.07, 6.45) is 4.30. The number of halogens is 2. The Balaban J connectivity index is 1.75. The third-order valence-electron chi connectivity index (χ3n) is 5.64. The van der Waals surface area contributed by atoms with Crippen molar-refractivity contribution in [3.63, 3.8) is 0 Å². The van der Waals surface area contributed by atoms with Crippen LogP contribution in [0.25, 0.3) is 0 Å². The number of hydrogen-bond acceptors (Lipinski definition) is 5. The number of hydrogen-bond donors (Lipinski definition) is 1. The van der Waals surface area contributed by atoms with Crippen LogP contribution in [0.1, 0.15) is 45.4 Å². The molecule has 2 atom stereocenters. The maximum atomic E-state index is 13.3. The molecule has 0 radical (unpaired) electrons. The SMILES string of the molecule is CCOC12CC3CC(C1)CC(C(=O)OCC(F)(F)S(=O)(=O)O)(C3)C2. The van der Waals surface area contributed by atoms with Crippen LogP contribution in [-0.4, -0.2) is 43.0 Å². The molecule has 4 aliphatic rings. The topological polar surface area (TPSA) is 89.9 Å². The van der Waals surface area contributed by atoms with Crippen molar-refractivity contribution in [2.75, 3.05) is 13.2 Å². The minimum Gasteiger partial charge on any atom is -0.458 e. The highest BCUT2D eigenvalue weighted by Crippen LogP contribution is 2.63. The predicted molar refractivity (Wildman–Crippen MR) is 78.9 cm³/mol. The summed E-state index contributed by atoms with van der Waals surface area (Å²) >= 11 is 0. The zero-order valence-electron chi connectivity index (χ0n) is 13.5. The highest BCUT2D eigenvalue weighted by molar-refractivity contribution is 7.86. The van der Waals surface area contributed by atoms with Crippen molar-refractivity contribution in [2.24, 2.45) is 17.3 Å². The second-order valence-corrected chi connectivity index (χ2v) is 9.09. The molecule has 6 nitrogen and oxygen atoms in total. The fourth-order valence-corrected chi connectivity index (χ4v) is 5.48. The van der Waals surface area contributed by atoms with E-state index >= 15 is 0 Å². The molecule has 9 heteroatoms. The first-order valence-corrected chi connectivity index (χ1v) is 9.61. The zero-order valence-corrected chi connectivity index (χ0v) is 14.3. The number of carbonyl (C=O) groups excluding carboxylic acids is 1. The lowest BCUT2D eigenvalue weighted by atomic mass is 9.48. The fraction of sp³-hybridized carbons (Fsp3) is 0.933. The molecule has 0 aromatic carbocycles. The monoisotopic (exact) mass is 368 g/mol. The van der Waals surface area contributed by atoms with Gasteiger partial charge in [0.2, 0.25) is 0 Å². The van der Waals surface area contributed by atoms with Gasteiger partial charge in [0, 0.05) is 6.61 Å². The van der Waals surface area contributed by atoms with Gasteiger partial charge < -0.3 is 9.47 Å². The first-order valence-electron chi connectivity index (χ1n) is 8.17. The Labute approximate surface area is 139 Å². The highest BCUT2D eigenvalue weighted by atomic mass is 32.2. The largest absolute Gasteiger partial charge is 0.458 e. The van der Waals surface area contributed by atoms with Crippen LogP contribution in [0, 0.1) is 17.3 Å². The van der Waals surface area contributed by atoms with E-state index in [4.69, 9.17) is 9.29 Å². The Hall–Kier alpha value is -0.800. The average Bonchev–Trinajstić information content (AvgIpc) is 2.42. The summed E-state index contributed by atoms with van der Waals surface area (Å²) in [7, 11) is -5.61. The molecular weight excluding hydrogens is 346 g/mol. The first-order chi connectivity index (χ1) is 11.0. The molecule has 24 heavy (non-hydrogen) atoms. The van der Waals surface area contributed by atoms with Crippen molar-refractivity contribution in [2.45, 2.75) is 56.3 Å². The summed E-state index contributed by atoms with van der Waals surface area (Å²) in [5, 5.41) is -4.50. The van der Waals surface area contributed by atoms with E-state index < -0.39 is 39.0 Å². The smallest absolute Gasteiger partial charge is 0.402 e. The van der Waals surface area contributed by atoms with Gasteiger partial charge in [-0.25, -0.2) is 0 Å². The number of carbonyl (C=O) groups is 1. The molecular formula is C15H22F2O6S. The van der Waals surface area contributed by atoms with Gasteiger partial charge in [0.15, 0.2) is 6.61 Å². The van der Waals surface area contributed by atoms with Gasteiger partial charge in [-0.3, -0.25) is 9.35 Å². The summed E-state index contributed by atoms with van der Waals surface area (Å²) < 4.78 is 67.0. The maximum absolute atomic E-state index is 13.3. The van der Waals surface area contributed by atoms with E-state index in [1.165, 1.54) is 0 Å². The van der Waals surface area contributed by atoms with Gasteiger partial charge in [0.25, 0.3) is 0 Å². The molecule has 4 fully saturated rings. The zero-order chi connectivity index (χ0) is 17.8. The molecule has 0 aromatic heterocycles. The molecule has 0 aliphatic heterocycles. The van der Waals surface area contributed by atoms with Gasteiger partial charge in [-0.2, -0.15) is 17.2 Å². The molecule has 0 heterocycles. The summed E-state index contributed by atoms with van der Waals surface area (Å²) in [4.78, 5) is 12.5. The lowest BCUT2D eigenvalue weighted by Gasteiger charge is -2.60. The normalized spacial score (nSPS) is 38.3. The van der Waals surface area contributed by atoms with Crippen molar-refractivity contribution < 1.29 is 36.0 Å². The molecule has 2 unspecified atom stereocenters. The second-order valence-electron chi connectivity index (χ2n) is 7.55. The van der Waals surface area contributed by atoms with E-state index in [2.05, 4.69) is 4.74 Å².